The molecule has 7 nitrogen and oxygen atoms in total. The van der Waals surface area contributed by atoms with Gasteiger partial charge in [-0.2, -0.15) is 0 Å². The Morgan fingerprint density at radius 1 is 0.970 bits per heavy atom. The van der Waals surface area contributed by atoms with Crippen LogP contribution in [0.1, 0.15) is 28.7 Å². The number of carbonyl (C=O) groups excluding carboxylic acids is 1. The number of carbonyl (C=O) groups is 1. The fourth-order valence-electron chi connectivity index (χ4n) is 3.60. The Labute approximate surface area is 193 Å². The van der Waals surface area contributed by atoms with E-state index in [2.05, 4.69) is 4.98 Å². The summed E-state index contributed by atoms with van der Waals surface area (Å²) >= 11 is 0. The summed E-state index contributed by atoms with van der Waals surface area (Å²) in [5.74, 6) is 1.26. The monoisotopic (exact) mass is 463 g/mol. The van der Waals surface area contributed by atoms with E-state index >= 15 is 0 Å². The Bertz CT molecular complexity index is 1390. The van der Waals surface area contributed by atoms with Gasteiger partial charge < -0.3 is 9.30 Å². The minimum atomic E-state index is -3.54. The van der Waals surface area contributed by atoms with E-state index in [4.69, 9.17) is 4.74 Å². The van der Waals surface area contributed by atoms with Crippen LogP contribution >= 0.6 is 0 Å². The van der Waals surface area contributed by atoms with Crippen LogP contribution in [0.15, 0.2) is 77.7 Å². The van der Waals surface area contributed by atoms with Gasteiger partial charge in [0, 0.05) is 31.8 Å². The highest BCUT2D eigenvalue weighted by Gasteiger charge is 2.19. The maximum Gasteiger partial charge on any atom is 0.242 e. The molecule has 170 valence electrons. The molecule has 0 saturated heterocycles. The highest BCUT2D eigenvalue weighted by atomic mass is 32.2. The number of hydrogen-bond acceptors (Lipinski definition) is 5. The summed E-state index contributed by atoms with van der Waals surface area (Å²) in [4.78, 5) is 17.4. The molecule has 4 aromatic rings. The normalized spacial score (nSPS) is 11.8. The Morgan fingerprint density at radius 3 is 2.27 bits per heavy atom. The molecule has 3 aromatic carbocycles. The molecule has 0 N–H and O–H groups in total. The molecule has 4 rings (SSSR count). The minimum absolute atomic E-state index is 0.0431. The van der Waals surface area contributed by atoms with Crippen molar-refractivity contribution in [3.63, 3.8) is 0 Å². The van der Waals surface area contributed by atoms with Gasteiger partial charge in [0.25, 0.3) is 0 Å². The number of sulfonamides is 1. The molecule has 1 aromatic heterocycles. The molecule has 0 saturated carbocycles. The van der Waals surface area contributed by atoms with Crippen LogP contribution in [0.2, 0.25) is 0 Å². The number of aryl methyl sites for hydroxylation is 1. The maximum atomic E-state index is 12.6. The van der Waals surface area contributed by atoms with Gasteiger partial charge in [0.1, 0.15) is 18.2 Å². The van der Waals surface area contributed by atoms with Gasteiger partial charge in [-0.3, -0.25) is 4.79 Å². The zero-order chi connectivity index (χ0) is 23.6. The second kappa shape index (κ2) is 9.17. The van der Waals surface area contributed by atoms with Crippen molar-refractivity contribution in [3.8, 4) is 5.75 Å². The number of rotatable bonds is 8. The predicted molar refractivity (Wildman–Crippen MR) is 127 cm³/mol. The van der Waals surface area contributed by atoms with E-state index in [0.29, 0.717) is 34.8 Å². The van der Waals surface area contributed by atoms with Crippen LogP contribution in [0.3, 0.4) is 0 Å². The fourth-order valence-corrected chi connectivity index (χ4v) is 4.52. The highest BCUT2D eigenvalue weighted by Crippen LogP contribution is 2.23. The lowest BCUT2D eigenvalue weighted by Gasteiger charge is -2.11. The number of ether oxygens (including phenoxy) is 1. The van der Waals surface area contributed by atoms with Gasteiger partial charge in [0.05, 0.1) is 15.9 Å². The standard InChI is InChI=1S/C25H25N3O4S/c1-4-28-23-15-14-21(33(30,31)27(2)3)16-22(23)26-24(28)17-32-20-12-10-19(11-13-20)25(29)18-8-6-5-7-9-18/h5-16H,4,17H2,1-3H3. The van der Waals surface area contributed by atoms with Crippen molar-refractivity contribution in [1.29, 1.82) is 0 Å². The van der Waals surface area contributed by atoms with Crippen molar-refractivity contribution < 1.29 is 17.9 Å². The number of hydrogen-bond donors (Lipinski definition) is 0. The minimum Gasteiger partial charge on any atom is -0.486 e. The lowest BCUT2D eigenvalue weighted by molar-refractivity contribution is 0.103. The lowest BCUT2D eigenvalue weighted by atomic mass is 10.0. The van der Waals surface area contributed by atoms with Gasteiger partial charge in [0.2, 0.25) is 10.0 Å². The third-order valence-electron chi connectivity index (χ3n) is 5.41. The SMILES string of the molecule is CCn1c(COc2ccc(C(=O)c3ccccc3)cc2)nc2cc(S(=O)(=O)N(C)C)ccc21. The first-order chi connectivity index (χ1) is 15.8. The number of aromatic nitrogens is 2. The quantitative estimate of drug-likeness (QED) is 0.367. The molecule has 0 unspecified atom stereocenters. The number of nitrogens with zero attached hydrogens (tertiary/aromatic N) is 3. The van der Waals surface area contributed by atoms with E-state index in [1.54, 1.807) is 54.6 Å². The van der Waals surface area contributed by atoms with E-state index in [1.807, 2.05) is 29.7 Å². The second-order valence-electron chi connectivity index (χ2n) is 7.72. The van der Waals surface area contributed by atoms with Gasteiger partial charge in [-0.15, -0.1) is 0 Å². The summed E-state index contributed by atoms with van der Waals surface area (Å²) in [6.07, 6.45) is 0. The summed E-state index contributed by atoms with van der Waals surface area (Å²) in [6.45, 7) is 2.88. The Balaban J connectivity index is 1.53. The summed E-state index contributed by atoms with van der Waals surface area (Å²) in [5, 5.41) is 0. The Morgan fingerprint density at radius 2 is 1.64 bits per heavy atom. The lowest BCUT2D eigenvalue weighted by Crippen LogP contribution is -2.22. The smallest absolute Gasteiger partial charge is 0.242 e. The summed E-state index contributed by atoms with van der Waals surface area (Å²) in [6, 6.07) is 21.1. The van der Waals surface area contributed by atoms with Crippen LogP contribution < -0.4 is 4.74 Å². The van der Waals surface area contributed by atoms with Gasteiger partial charge >= 0.3 is 0 Å². The van der Waals surface area contributed by atoms with E-state index in [1.165, 1.54) is 18.4 Å². The molecular formula is C25H25N3O4S. The second-order valence-corrected chi connectivity index (χ2v) is 9.87. The first kappa shape index (κ1) is 22.7. The van der Waals surface area contributed by atoms with Crippen molar-refractivity contribution in [2.24, 2.45) is 0 Å². The van der Waals surface area contributed by atoms with Crippen LogP contribution in [-0.4, -0.2) is 42.2 Å². The first-order valence-electron chi connectivity index (χ1n) is 10.6. The maximum absolute atomic E-state index is 12.6. The molecule has 0 aliphatic carbocycles. The Hall–Kier alpha value is -3.49. The average Bonchev–Trinajstić information content (AvgIpc) is 3.19. The van der Waals surface area contributed by atoms with E-state index < -0.39 is 10.0 Å². The third kappa shape index (κ3) is 4.53. The highest BCUT2D eigenvalue weighted by molar-refractivity contribution is 7.89. The molecular weight excluding hydrogens is 438 g/mol. The molecule has 0 atom stereocenters. The summed E-state index contributed by atoms with van der Waals surface area (Å²) < 4.78 is 34.0. The van der Waals surface area contributed by atoms with Crippen molar-refractivity contribution in [2.45, 2.75) is 25.0 Å². The number of imidazole rings is 1. The van der Waals surface area contributed by atoms with Crippen LogP contribution in [-0.2, 0) is 23.2 Å². The molecule has 8 heteroatoms. The van der Waals surface area contributed by atoms with Crippen LogP contribution in [0.25, 0.3) is 11.0 Å². The topological polar surface area (TPSA) is 81.5 Å². The molecule has 0 radical (unpaired) electrons. The number of fused-ring (bicyclic) bond motifs is 1. The molecule has 0 amide bonds. The van der Waals surface area contributed by atoms with Crippen molar-refractivity contribution in [3.05, 3.63) is 89.7 Å². The fraction of sp³-hybridized carbons (Fsp3) is 0.200. The van der Waals surface area contributed by atoms with Crippen LogP contribution in [0.4, 0.5) is 0 Å². The van der Waals surface area contributed by atoms with E-state index in [9.17, 15) is 13.2 Å². The largest absolute Gasteiger partial charge is 0.486 e. The van der Waals surface area contributed by atoms with Gasteiger partial charge in [0.15, 0.2) is 5.78 Å². The molecule has 0 aliphatic rings. The zero-order valence-electron chi connectivity index (χ0n) is 18.7. The predicted octanol–water partition coefficient (Wildman–Crippen LogP) is 4.12. The number of benzene rings is 3. The third-order valence-corrected chi connectivity index (χ3v) is 7.23. The molecule has 1 heterocycles. The molecule has 0 spiro atoms. The molecule has 0 aliphatic heterocycles. The van der Waals surface area contributed by atoms with Crippen molar-refractivity contribution in [2.75, 3.05) is 14.1 Å². The summed E-state index contributed by atoms with van der Waals surface area (Å²) in [5.41, 5.74) is 2.67. The first-order valence-corrected chi connectivity index (χ1v) is 12.0. The van der Waals surface area contributed by atoms with E-state index in [-0.39, 0.29) is 17.3 Å². The van der Waals surface area contributed by atoms with Crippen molar-refractivity contribution >= 4 is 26.8 Å². The van der Waals surface area contributed by atoms with Gasteiger partial charge in [-0.05, 0) is 49.4 Å². The van der Waals surface area contributed by atoms with Gasteiger partial charge in [-0.1, -0.05) is 30.3 Å². The Kier molecular flexibility index (Phi) is 6.31. The van der Waals surface area contributed by atoms with E-state index in [0.717, 1.165) is 5.52 Å². The van der Waals surface area contributed by atoms with Crippen molar-refractivity contribution in [1.82, 2.24) is 13.9 Å². The molecule has 33 heavy (non-hydrogen) atoms. The number of ketones is 1. The average molecular weight is 464 g/mol. The molecule has 0 fully saturated rings. The van der Waals surface area contributed by atoms with Gasteiger partial charge in [-0.25, -0.2) is 17.7 Å². The zero-order valence-corrected chi connectivity index (χ0v) is 19.5. The van der Waals surface area contributed by atoms with Crippen LogP contribution in [0, 0.1) is 0 Å². The molecule has 0 bridgehead atoms. The van der Waals surface area contributed by atoms with Crippen LogP contribution in [0.5, 0.6) is 5.75 Å². The summed E-state index contributed by atoms with van der Waals surface area (Å²) in [7, 11) is -0.536.